The summed E-state index contributed by atoms with van der Waals surface area (Å²) in [6, 6.07) is 0. The summed E-state index contributed by atoms with van der Waals surface area (Å²) in [5, 5.41) is 0. The third-order valence-corrected chi connectivity index (χ3v) is 11.7. The first-order chi connectivity index (χ1) is 25.4. The quantitative estimate of drug-likeness (QED) is 0.0639. The van der Waals surface area contributed by atoms with E-state index in [1.165, 1.54) is 0 Å². The maximum Gasteiger partial charge on any atom is 1.20 e. The van der Waals surface area contributed by atoms with Gasteiger partial charge < -0.3 is 22.7 Å². The van der Waals surface area contributed by atoms with Crippen molar-refractivity contribution in [3.63, 3.8) is 0 Å². The van der Waals surface area contributed by atoms with Gasteiger partial charge in [0, 0.05) is 19.3 Å². The monoisotopic (exact) mass is 780 g/mol. The van der Waals surface area contributed by atoms with Crippen molar-refractivity contribution >= 4 is 83.5 Å². The van der Waals surface area contributed by atoms with Crippen LogP contribution in [0.25, 0.3) is 0 Å². The van der Waals surface area contributed by atoms with E-state index in [2.05, 4.69) is 13.8 Å². The van der Waals surface area contributed by atoms with Crippen LogP contribution in [-0.4, -0.2) is 83.5 Å². The molecule has 2 rings (SSSR count). The lowest BCUT2D eigenvalue weighted by molar-refractivity contribution is -0.156. The number of hydrogen-bond donors (Lipinski definition) is 0. The van der Waals surface area contributed by atoms with Crippen LogP contribution >= 0.6 is 0 Å². The molecular formula is C36H54Al2O15. The van der Waals surface area contributed by atoms with Gasteiger partial charge in [-0.3, -0.25) is 43.2 Å². The van der Waals surface area contributed by atoms with Crippen molar-refractivity contribution in [1.29, 1.82) is 0 Å². The molecule has 0 radical (unpaired) electrons. The zero-order valence-corrected chi connectivity index (χ0v) is 33.7. The van der Waals surface area contributed by atoms with Crippen LogP contribution in [0.4, 0.5) is 0 Å². The van der Waals surface area contributed by atoms with Crippen molar-refractivity contribution in [2.75, 3.05) is 0 Å². The van der Waals surface area contributed by atoms with Gasteiger partial charge in [0.2, 0.25) is 0 Å². The first-order valence-electron chi connectivity index (χ1n) is 19.2. The molecule has 2 aliphatic heterocycles. The summed E-state index contributed by atoms with van der Waals surface area (Å²) >= 11 is -7.75. The first kappa shape index (κ1) is 46.1. The van der Waals surface area contributed by atoms with Crippen molar-refractivity contribution in [1.82, 2.24) is 0 Å². The molecular weight excluding hydrogens is 726 g/mol. The Morgan fingerprint density at radius 3 is 1.40 bits per heavy atom. The molecule has 294 valence electrons. The molecule has 3 unspecified atom stereocenters. The van der Waals surface area contributed by atoms with Gasteiger partial charge in [0.15, 0.2) is 0 Å². The first-order valence-corrected chi connectivity index (χ1v) is 22.0. The Balaban J connectivity index is 2.07. The van der Waals surface area contributed by atoms with Gasteiger partial charge in [-0.25, -0.2) is 0 Å². The summed E-state index contributed by atoms with van der Waals surface area (Å²) in [4.78, 5) is 116. The van der Waals surface area contributed by atoms with Crippen LogP contribution in [0.3, 0.4) is 0 Å². The Labute approximate surface area is 321 Å². The van der Waals surface area contributed by atoms with Gasteiger partial charge in [-0.15, -0.1) is 0 Å². The van der Waals surface area contributed by atoms with E-state index < -0.39 is 120 Å². The average molecular weight is 781 g/mol. The largest absolute Gasteiger partial charge is 1.20 e. The topological polar surface area (TPSA) is 209 Å². The number of rotatable bonds is 26. The van der Waals surface area contributed by atoms with Crippen molar-refractivity contribution in [3.05, 3.63) is 0 Å². The van der Waals surface area contributed by atoms with E-state index >= 15 is 0 Å². The molecule has 53 heavy (non-hydrogen) atoms. The summed E-state index contributed by atoms with van der Waals surface area (Å²) in [6.45, 7) is 6.13. The molecule has 0 amide bonds. The van der Waals surface area contributed by atoms with Crippen LogP contribution in [0.15, 0.2) is 0 Å². The fourth-order valence-corrected chi connectivity index (χ4v) is 8.14. The predicted octanol–water partition coefficient (Wildman–Crippen LogP) is 5.05. The van der Waals surface area contributed by atoms with Gasteiger partial charge in [0.05, 0.1) is 19.3 Å². The molecule has 0 aliphatic carbocycles. The van der Waals surface area contributed by atoms with E-state index in [1.54, 1.807) is 0 Å². The summed E-state index contributed by atoms with van der Waals surface area (Å²) in [7, 11) is 0. The molecule has 0 aromatic rings. The van der Waals surface area contributed by atoms with E-state index in [1.807, 2.05) is 6.92 Å². The molecule has 0 bridgehead atoms. The minimum absolute atomic E-state index is 0.0603. The molecule has 0 aromatic heterocycles. The van der Waals surface area contributed by atoms with Crippen LogP contribution in [0.2, 0.25) is 0 Å². The number of carbonyl (C=O) groups excluding carboxylic acids is 9. The Hall–Kier alpha value is -3.11. The Morgan fingerprint density at radius 1 is 0.566 bits per heavy atom. The van der Waals surface area contributed by atoms with Gasteiger partial charge in [0.25, 0.3) is 35.8 Å². The molecule has 0 aromatic carbocycles. The highest BCUT2D eigenvalue weighted by Crippen LogP contribution is 2.23. The lowest BCUT2D eigenvalue weighted by atomic mass is 9.96. The molecule has 2 fully saturated rings. The van der Waals surface area contributed by atoms with E-state index in [-0.39, 0.29) is 19.3 Å². The second kappa shape index (κ2) is 25.8. The minimum atomic E-state index is -3.91. The standard InChI is InChI=1S/3C12H20O5.2Al/c3*1-2-3-4-5-6-7-10(13)9(12(16)17)8-11(14)15;;/h3*9H,2-8H2,1H3,(H,14,15)(H,16,17);;/q;;;2*+3/p-6. The van der Waals surface area contributed by atoms with Crippen LogP contribution in [0, 0.1) is 17.8 Å². The zero-order chi connectivity index (χ0) is 39.2. The van der Waals surface area contributed by atoms with Crippen LogP contribution < -0.4 is 0 Å². The third-order valence-electron chi connectivity index (χ3n) is 9.03. The average Bonchev–Trinajstić information content (AvgIpc) is 3.34. The fourth-order valence-electron chi connectivity index (χ4n) is 5.86. The lowest BCUT2D eigenvalue weighted by Gasteiger charge is -2.18. The SMILES string of the molecule is CCCCCCCC(=O)C1CC(=O)[O][Al]([O]C(=O)CC(C(=O)CCCCCCC)C(=O)[O][Al]2[O]C(=O)CC(C(=O)CCCCCCC)C(=O)[O]2)[O]C1=O. The van der Waals surface area contributed by atoms with E-state index in [9.17, 15) is 43.2 Å². The number of unbranched alkanes of at least 4 members (excludes halogenated alkanes) is 12. The fraction of sp³-hybridized carbons (Fsp3) is 0.750. The number of carbonyl (C=O) groups is 9. The van der Waals surface area contributed by atoms with E-state index in [0.29, 0.717) is 25.7 Å². The maximum atomic E-state index is 13.3. The molecule has 0 saturated carbocycles. The van der Waals surface area contributed by atoms with Crippen molar-refractivity contribution in [2.45, 2.75) is 156 Å². The molecule has 2 aliphatic rings. The number of ketones is 3. The summed E-state index contributed by atoms with van der Waals surface area (Å²) in [5.41, 5.74) is 0. The molecule has 0 N–H and O–H groups in total. The highest BCUT2D eigenvalue weighted by molar-refractivity contribution is 6.46. The molecule has 15 nitrogen and oxygen atoms in total. The second-order valence-corrected chi connectivity index (χ2v) is 16.1. The molecule has 2 saturated heterocycles. The Bertz CT molecular complexity index is 1290. The van der Waals surface area contributed by atoms with Crippen molar-refractivity contribution in [2.24, 2.45) is 17.8 Å². The number of hydrogen-bond acceptors (Lipinski definition) is 15. The Kier molecular flexibility index (Phi) is 22.4. The van der Waals surface area contributed by atoms with Gasteiger partial charge >= 0.3 is 30.3 Å². The third kappa shape index (κ3) is 17.7. The maximum absolute atomic E-state index is 13.3. The number of Topliss-reactive ketones (excluding diaryl/α,β-unsaturated/α-hetero) is 3. The summed E-state index contributed by atoms with van der Waals surface area (Å²) in [6.07, 6.45) is 10.3. The van der Waals surface area contributed by atoms with Gasteiger partial charge in [-0.05, 0) is 19.3 Å². The highest BCUT2D eigenvalue weighted by atomic mass is 27.3. The van der Waals surface area contributed by atoms with Crippen LogP contribution in [0.1, 0.15) is 156 Å². The van der Waals surface area contributed by atoms with Crippen molar-refractivity contribution < 1.29 is 65.9 Å². The van der Waals surface area contributed by atoms with Crippen LogP contribution in [0.5, 0.6) is 0 Å². The molecule has 17 heteroatoms. The molecule has 0 spiro atoms. The summed E-state index contributed by atoms with van der Waals surface area (Å²) in [5.74, 6) is -13.0. The minimum Gasteiger partial charge on any atom is -0.551 e. The van der Waals surface area contributed by atoms with Gasteiger partial charge in [0.1, 0.15) is 35.1 Å². The van der Waals surface area contributed by atoms with Gasteiger partial charge in [-0.1, -0.05) is 97.8 Å². The smallest absolute Gasteiger partial charge is 0.551 e. The zero-order valence-electron chi connectivity index (χ0n) is 31.4. The van der Waals surface area contributed by atoms with Crippen LogP contribution in [-0.2, 0) is 65.9 Å². The highest BCUT2D eigenvalue weighted by Gasteiger charge is 2.56. The Morgan fingerprint density at radius 2 is 0.962 bits per heavy atom. The van der Waals surface area contributed by atoms with E-state index in [4.69, 9.17) is 22.7 Å². The lowest BCUT2D eigenvalue weighted by Crippen LogP contribution is -2.39. The van der Waals surface area contributed by atoms with Gasteiger partial charge in [-0.2, -0.15) is 0 Å². The predicted molar refractivity (Wildman–Crippen MR) is 188 cm³/mol. The van der Waals surface area contributed by atoms with E-state index in [0.717, 1.165) is 70.6 Å². The molecule has 3 atom stereocenters. The summed E-state index contributed by atoms with van der Waals surface area (Å²) < 4.78 is 30.8. The molecule has 2 heterocycles. The second-order valence-electron chi connectivity index (χ2n) is 13.5. The normalized spacial score (nSPS) is 18.1. The van der Waals surface area contributed by atoms with Crippen molar-refractivity contribution in [3.8, 4) is 0 Å².